The molecule has 1 aliphatic rings. The molecular weight excluding hydrogens is 285 g/mol. The number of hydrogen-bond acceptors (Lipinski definition) is 5. The van der Waals surface area contributed by atoms with Gasteiger partial charge in [0, 0.05) is 37.6 Å². The van der Waals surface area contributed by atoms with Crippen molar-refractivity contribution < 1.29 is 9.18 Å². The molecule has 2 aromatic rings. The lowest BCUT2D eigenvalue weighted by Crippen LogP contribution is -2.45. The Balaban J connectivity index is 2.04. The number of nitrogens with zero attached hydrogens (tertiary/aromatic N) is 4. The number of aromatic nitrogens is 2. The maximum atomic E-state index is 13.5. The second-order valence-electron chi connectivity index (χ2n) is 5.57. The van der Waals surface area contributed by atoms with Crippen molar-refractivity contribution in [3.8, 4) is 0 Å². The minimum atomic E-state index is -0.464. The first kappa shape index (κ1) is 14.6. The van der Waals surface area contributed by atoms with E-state index >= 15 is 0 Å². The first-order chi connectivity index (χ1) is 10.5. The molecule has 0 spiro atoms. The monoisotopic (exact) mass is 303 g/mol. The van der Waals surface area contributed by atoms with E-state index in [9.17, 15) is 9.18 Å². The van der Waals surface area contributed by atoms with Crippen molar-refractivity contribution in [1.29, 1.82) is 0 Å². The summed E-state index contributed by atoms with van der Waals surface area (Å²) < 4.78 is 13.5. The fourth-order valence-corrected chi connectivity index (χ4v) is 2.60. The number of amides is 1. The van der Waals surface area contributed by atoms with Crippen LogP contribution in [0.2, 0.25) is 0 Å². The van der Waals surface area contributed by atoms with Crippen LogP contribution >= 0.6 is 0 Å². The molecular formula is C15H18FN5O. The second kappa shape index (κ2) is 5.84. The number of benzene rings is 1. The van der Waals surface area contributed by atoms with Crippen LogP contribution in [0.15, 0.2) is 18.2 Å². The summed E-state index contributed by atoms with van der Waals surface area (Å²) in [5.74, 6) is -0.295. The smallest absolute Gasteiger partial charge is 0.226 e. The van der Waals surface area contributed by atoms with Gasteiger partial charge in [0.2, 0.25) is 11.9 Å². The standard InChI is InChI=1S/C15H18FN5O/c1-20-4-6-21(7-5-20)15-18-12-8-10(16)2-3-11(12)13(19-15)9-14(17)22/h2-3,8H,4-7,9H2,1H3,(H2,17,22). The van der Waals surface area contributed by atoms with Gasteiger partial charge in [0.1, 0.15) is 5.82 Å². The number of hydrogen-bond donors (Lipinski definition) is 1. The highest BCUT2D eigenvalue weighted by molar-refractivity contribution is 5.87. The van der Waals surface area contributed by atoms with Gasteiger partial charge in [0.15, 0.2) is 0 Å². The van der Waals surface area contributed by atoms with E-state index in [2.05, 4.69) is 26.8 Å². The lowest BCUT2D eigenvalue weighted by molar-refractivity contribution is -0.117. The predicted molar refractivity (Wildman–Crippen MR) is 82.1 cm³/mol. The number of anilines is 1. The Hall–Kier alpha value is -2.28. The predicted octanol–water partition coefficient (Wildman–Crippen LogP) is 0.548. The number of halogens is 1. The SMILES string of the molecule is CN1CCN(c2nc(CC(N)=O)c3ccc(F)cc3n2)CC1. The van der Waals surface area contributed by atoms with E-state index in [1.54, 1.807) is 6.07 Å². The van der Waals surface area contributed by atoms with Gasteiger partial charge in [-0.2, -0.15) is 0 Å². The Bertz CT molecular complexity index is 712. The average molecular weight is 303 g/mol. The van der Waals surface area contributed by atoms with Crippen LogP contribution < -0.4 is 10.6 Å². The van der Waals surface area contributed by atoms with E-state index in [-0.39, 0.29) is 12.2 Å². The van der Waals surface area contributed by atoms with Gasteiger partial charge >= 0.3 is 0 Å². The molecule has 1 aliphatic heterocycles. The molecule has 1 aromatic heterocycles. The summed E-state index contributed by atoms with van der Waals surface area (Å²) in [5.41, 5.74) is 6.35. The quantitative estimate of drug-likeness (QED) is 0.896. The molecule has 3 rings (SSSR count). The van der Waals surface area contributed by atoms with E-state index in [0.717, 1.165) is 26.2 Å². The second-order valence-corrected chi connectivity index (χ2v) is 5.57. The van der Waals surface area contributed by atoms with E-state index in [1.165, 1.54) is 12.1 Å². The number of carbonyl (C=O) groups excluding carboxylic acids is 1. The van der Waals surface area contributed by atoms with Crippen molar-refractivity contribution in [2.75, 3.05) is 38.1 Å². The zero-order chi connectivity index (χ0) is 15.7. The van der Waals surface area contributed by atoms with Gasteiger partial charge in [-0.05, 0) is 19.2 Å². The van der Waals surface area contributed by atoms with Gasteiger partial charge in [-0.1, -0.05) is 0 Å². The highest BCUT2D eigenvalue weighted by Crippen LogP contribution is 2.21. The van der Waals surface area contributed by atoms with Crippen LogP contribution in [-0.2, 0) is 11.2 Å². The summed E-state index contributed by atoms with van der Waals surface area (Å²) in [4.78, 5) is 24.5. The van der Waals surface area contributed by atoms with Gasteiger partial charge < -0.3 is 15.5 Å². The Labute approximate surface area is 127 Å². The Morgan fingerprint density at radius 3 is 2.68 bits per heavy atom. The molecule has 0 unspecified atom stereocenters. The van der Waals surface area contributed by atoms with Gasteiger partial charge in [0.25, 0.3) is 0 Å². The zero-order valence-electron chi connectivity index (χ0n) is 12.4. The van der Waals surface area contributed by atoms with Crippen molar-refractivity contribution >= 4 is 22.8 Å². The highest BCUT2D eigenvalue weighted by Gasteiger charge is 2.19. The summed E-state index contributed by atoms with van der Waals surface area (Å²) in [6.45, 7) is 3.42. The molecule has 1 fully saturated rings. The zero-order valence-corrected chi connectivity index (χ0v) is 12.4. The average Bonchev–Trinajstić information content (AvgIpc) is 2.46. The van der Waals surface area contributed by atoms with E-state index < -0.39 is 5.91 Å². The van der Waals surface area contributed by atoms with E-state index in [4.69, 9.17) is 5.73 Å². The number of likely N-dealkylation sites (N-methyl/N-ethyl adjacent to an activating group) is 1. The first-order valence-electron chi connectivity index (χ1n) is 7.21. The minimum Gasteiger partial charge on any atom is -0.369 e. The van der Waals surface area contributed by atoms with E-state index in [1.807, 2.05) is 0 Å². The molecule has 0 aliphatic carbocycles. The number of primary amides is 1. The van der Waals surface area contributed by atoms with Crippen LogP contribution in [-0.4, -0.2) is 54.0 Å². The van der Waals surface area contributed by atoms with Gasteiger partial charge in [-0.25, -0.2) is 14.4 Å². The minimum absolute atomic E-state index is 0.0192. The molecule has 0 bridgehead atoms. The lowest BCUT2D eigenvalue weighted by atomic mass is 10.1. The normalized spacial score (nSPS) is 16.2. The summed E-state index contributed by atoms with van der Waals surface area (Å²) in [6.07, 6.45) is 0.0192. The van der Waals surface area contributed by atoms with Crippen LogP contribution in [0.3, 0.4) is 0 Å². The molecule has 1 aromatic carbocycles. The van der Waals surface area contributed by atoms with Crippen LogP contribution in [0, 0.1) is 5.82 Å². The van der Waals surface area contributed by atoms with Crippen molar-refractivity contribution in [3.05, 3.63) is 29.7 Å². The summed E-state index contributed by atoms with van der Waals surface area (Å²) >= 11 is 0. The molecule has 2 heterocycles. The maximum absolute atomic E-state index is 13.5. The Morgan fingerprint density at radius 1 is 1.27 bits per heavy atom. The third-order valence-corrected chi connectivity index (χ3v) is 3.85. The maximum Gasteiger partial charge on any atom is 0.226 e. The first-order valence-corrected chi connectivity index (χ1v) is 7.21. The third kappa shape index (κ3) is 2.99. The number of nitrogens with two attached hydrogens (primary N) is 1. The molecule has 1 saturated heterocycles. The summed E-state index contributed by atoms with van der Waals surface area (Å²) in [5, 5.41) is 0.665. The molecule has 0 atom stereocenters. The number of fused-ring (bicyclic) bond motifs is 1. The molecule has 7 heteroatoms. The fraction of sp³-hybridized carbons (Fsp3) is 0.400. The fourth-order valence-electron chi connectivity index (χ4n) is 2.60. The van der Waals surface area contributed by atoms with Crippen molar-refractivity contribution in [3.63, 3.8) is 0 Å². The Morgan fingerprint density at radius 2 is 2.00 bits per heavy atom. The number of piperazine rings is 1. The van der Waals surface area contributed by atoms with Crippen LogP contribution in [0.1, 0.15) is 5.69 Å². The molecule has 116 valence electrons. The van der Waals surface area contributed by atoms with Crippen LogP contribution in [0.4, 0.5) is 10.3 Å². The van der Waals surface area contributed by atoms with Crippen molar-refractivity contribution in [1.82, 2.24) is 14.9 Å². The molecule has 0 saturated carbocycles. The van der Waals surface area contributed by atoms with E-state index in [0.29, 0.717) is 22.5 Å². The van der Waals surface area contributed by atoms with Crippen LogP contribution in [0.5, 0.6) is 0 Å². The highest BCUT2D eigenvalue weighted by atomic mass is 19.1. The molecule has 0 radical (unpaired) electrons. The summed E-state index contributed by atoms with van der Waals surface area (Å²) in [6, 6.07) is 4.30. The Kier molecular flexibility index (Phi) is 3.89. The van der Waals surface area contributed by atoms with Gasteiger partial charge in [-0.3, -0.25) is 4.79 Å². The molecule has 6 nitrogen and oxygen atoms in total. The lowest BCUT2D eigenvalue weighted by Gasteiger charge is -2.32. The number of rotatable bonds is 3. The third-order valence-electron chi connectivity index (χ3n) is 3.85. The topological polar surface area (TPSA) is 75.3 Å². The molecule has 2 N–H and O–H groups in total. The number of carbonyl (C=O) groups is 1. The largest absolute Gasteiger partial charge is 0.369 e. The summed E-state index contributed by atoms with van der Waals surface area (Å²) in [7, 11) is 2.06. The van der Waals surface area contributed by atoms with Crippen molar-refractivity contribution in [2.45, 2.75) is 6.42 Å². The van der Waals surface area contributed by atoms with Gasteiger partial charge in [0.05, 0.1) is 17.6 Å². The van der Waals surface area contributed by atoms with Gasteiger partial charge in [-0.15, -0.1) is 0 Å². The molecule has 22 heavy (non-hydrogen) atoms. The van der Waals surface area contributed by atoms with Crippen molar-refractivity contribution in [2.24, 2.45) is 5.73 Å². The van der Waals surface area contributed by atoms with Crippen LogP contribution in [0.25, 0.3) is 10.9 Å². The molecule has 1 amide bonds.